The fourth-order valence-electron chi connectivity index (χ4n) is 1.79. The Balaban J connectivity index is 2.33. The maximum Gasteiger partial charge on any atom is 0.305 e. The van der Waals surface area contributed by atoms with Crippen LogP contribution in [0.1, 0.15) is 32.1 Å². The molecule has 0 bridgehead atoms. The van der Waals surface area contributed by atoms with Crippen LogP contribution in [0.15, 0.2) is 0 Å². The van der Waals surface area contributed by atoms with Crippen LogP contribution in [0.4, 0.5) is 0 Å². The molecule has 0 aromatic heterocycles. The minimum Gasteiger partial charge on any atom is -0.469 e. The van der Waals surface area contributed by atoms with Crippen LogP contribution in [-0.2, 0) is 9.53 Å². The molecule has 1 aliphatic rings. The molecule has 2 atom stereocenters. The Bertz CT molecular complexity index is 159. The molecule has 1 saturated carbocycles. The number of methoxy groups -OCH3 is 1. The van der Waals surface area contributed by atoms with Gasteiger partial charge in [-0.3, -0.25) is 4.79 Å². The monoisotopic (exact) mass is 171 g/mol. The Morgan fingerprint density at radius 1 is 1.50 bits per heavy atom. The third kappa shape index (κ3) is 2.48. The summed E-state index contributed by atoms with van der Waals surface area (Å²) in [5.41, 5.74) is 5.87. The van der Waals surface area contributed by atoms with Crippen LogP contribution in [0.3, 0.4) is 0 Å². The summed E-state index contributed by atoms with van der Waals surface area (Å²) in [7, 11) is 1.43. The molecule has 2 N–H and O–H groups in total. The molecule has 0 saturated heterocycles. The Kier molecular flexibility index (Phi) is 3.53. The van der Waals surface area contributed by atoms with Gasteiger partial charge in [-0.05, 0) is 18.8 Å². The second-order valence-corrected chi connectivity index (χ2v) is 3.49. The highest BCUT2D eigenvalue weighted by Crippen LogP contribution is 2.25. The van der Waals surface area contributed by atoms with Gasteiger partial charge >= 0.3 is 5.97 Å². The van der Waals surface area contributed by atoms with Gasteiger partial charge in [-0.1, -0.05) is 12.8 Å². The summed E-state index contributed by atoms with van der Waals surface area (Å²) in [5.74, 6) is 0.226. The minimum absolute atomic E-state index is 0.127. The topological polar surface area (TPSA) is 52.3 Å². The van der Waals surface area contributed by atoms with E-state index in [0.29, 0.717) is 12.3 Å². The molecule has 0 unspecified atom stereocenters. The van der Waals surface area contributed by atoms with Crippen molar-refractivity contribution >= 4 is 5.97 Å². The number of hydrogen-bond donors (Lipinski definition) is 1. The Hall–Kier alpha value is -0.570. The van der Waals surface area contributed by atoms with Crippen LogP contribution < -0.4 is 5.73 Å². The van der Waals surface area contributed by atoms with Gasteiger partial charge < -0.3 is 10.5 Å². The lowest BCUT2D eigenvalue weighted by molar-refractivity contribution is -0.142. The van der Waals surface area contributed by atoms with Crippen LogP contribution in [0.25, 0.3) is 0 Å². The molecule has 0 radical (unpaired) electrons. The molecule has 3 nitrogen and oxygen atoms in total. The predicted molar refractivity (Wildman–Crippen MR) is 46.6 cm³/mol. The van der Waals surface area contributed by atoms with Crippen molar-refractivity contribution in [3.8, 4) is 0 Å². The van der Waals surface area contributed by atoms with Gasteiger partial charge in [0.05, 0.1) is 7.11 Å². The Morgan fingerprint density at radius 2 is 2.17 bits per heavy atom. The molecule has 3 heteroatoms. The first-order valence-electron chi connectivity index (χ1n) is 4.56. The third-order valence-corrected chi connectivity index (χ3v) is 2.62. The zero-order valence-corrected chi connectivity index (χ0v) is 7.58. The molecule has 0 aromatic rings. The fourth-order valence-corrected chi connectivity index (χ4v) is 1.79. The summed E-state index contributed by atoms with van der Waals surface area (Å²) in [6.45, 7) is 0. The van der Waals surface area contributed by atoms with Crippen LogP contribution in [0.2, 0.25) is 0 Å². The van der Waals surface area contributed by atoms with Gasteiger partial charge in [-0.25, -0.2) is 0 Å². The molecule has 70 valence electrons. The molecule has 12 heavy (non-hydrogen) atoms. The lowest BCUT2D eigenvalue weighted by Crippen LogP contribution is -2.34. The van der Waals surface area contributed by atoms with Crippen LogP contribution in [-0.4, -0.2) is 19.1 Å². The average Bonchev–Trinajstić information content (AvgIpc) is 2.09. The van der Waals surface area contributed by atoms with Gasteiger partial charge in [-0.15, -0.1) is 0 Å². The predicted octanol–water partition coefficient (Wildman–Crippen LogP) is 1.07. The number of hydrogen-bond acceptors (Lipinski definition) is 3. The maximum absolute atomic E-state index is 10.9. The van der Waals surface area contributed by atoms with Crippen molar-refractivity contribution in [2.24, 2.45) is 11.7 Å². The second kappa shape index (κ2) is 4.45. The van der Waals surface area contributed by atoms with E-state index >= 15 is 0 Å². The van der Waals surface area contributed by atoms with E-state index in [-0.39, 0.29) is 12.0 Å². The molecule has 0 amide bonds. The highest BCUT2D eigenvalue weighted by molar-refractivity contribution is 5.69. The van der Waals surface area contributed by atoms with Gasteiger partial charge in [-0.2, -0.15) is 0 Å². The summed E-state index contributed by atoms with van der Waals surface area (Å²) >= 11 is 0. The number of ether oxygens (including phenoxy) is 1. The largest absolute Gasteiger partial charge is 0.469 e. The van der Waals surface area contributed by atoms with Crippen molar-refractivity contribution in [3.63, 3.8) is 0 Å². The summed E-state index contributed by atoms with van der Waals surface area (Å²) in [6.07, 6.45) is 5.05. The van der Waals surface area contributed by atoms with Crippen molar-refractivity contribution in [3.05, 3.63) is 0 Å². The van der Waals surface area contributed by atoms with Crippen molar-refractivity contribution in [1.82, 2.24) is 0 Å². The van der Waals surface area contributed by atoms with E-state index in [0.717, 1.165) is 12.8 Å². The number of carbonyl (C=O) groups is 1. The van der Waals surface area contributed by atoms with Gasteiger partial charge in [0, 0.05) is 12.5 Å². The van der Waals surface area contributed by atoms with E-state index in [1.165, 1.54) is 20.0 Å². The number of carbonyl (C=O) groups excluding carboxylic acids is 1. The summed E-state index contributed by atoms with van der Waals surface area (Å²) < 4.78 is 4.61. The van der Waals surface area contributed by atoms with Crippen LogP contribution in [0.5, 0.6) is 0 Å². The van der Waals surface area contributed by atoms with Gasteiger partial charge in [0.15, 0.2) is 0 Å². The van der Waals surface area contributed by atoms with E-state index in [1.54, 1.807) is 0 Å². The van der Waals surface area contributed by atoms with E-state index in [4.69, 9.17) is 5.73 Å². The number of rotatable bonds is 2. The highest BCUT2D eigenvalue weighted by atomic mass is 16.5. The minimum atomic E-state index is -0.127. The second-order valence-electron chi connectivity index (χ2n) is 3.49. The fraction of sp³-hybridized carbons (Fsp3) is 0.889. The van der Waals surface area contributed by atoms with Crippen molar-refractivity contribution < 1.29 is 9.53 Å². The summed E-state index contributed by atoms with van der Waals surface area (Å²) in [5, 5.41) is 0. The molecular formula is C9H17NO2. The number of esters is 1. The summed E-state index contributed by atoms with van der Waals surface area (Å²) in [6, 6.07) is 0.206. The van der Waals surface area contributed by atoms with Crippen molar-refractivity contribution in [2.45, 2.75) is 38.1 Å². The SMILES string of the molecule is COC(=O)C[C@H]1CCCC[C@H]1N. The highest BCUT2D eigenvalue weighted by Gasteiger charge is 2.24. The smallest absolute Gasteiger partial charge is 0.305 e. The molecular weight excluding hydrogens is 154 g/mol. The van der Waals surface area contributed by atoms with Crippen molar-refractivity contribution in [1.29, 1.82) is 0 Å². The molecule has 1 rings (SSSR count). The van der Waals surface area contributed by atoms with Crippen LogP contribution >= 0.6 is 0 Å². The molecule has 0 aliphatic heterocycles. The van der Waals surface area contributed by atoms with E-state index in [1.807, 2.05) is 0 Å². The average molecular weight is 171 g/mol. The van der Waals surface area contributed by atoms with Crippen molar-refractivity contribution in [2.75, 3.05) is 7.11 Å². The van der Waals surface area contributed by atoms with E-state index in [2.05, 4.69) is 4.74 Å². The molecule has 1 aliphatic carbocycles. The van der Waals surface area contributed by atoms with Gasteiger partial charge in [0.1, 0.15) is 0 Å². The zero-order chi connectivity index (χ0) is 8.97. The maximum atomic E-state index is 10.9. The zero-order valence-electron chi connectivity index (χ0n) is 7.58. The van der Waals surface area contributed by atoms with Gasteiger partial charge in [0.2, 0.25) is 0 Å². The normalized spacial score (nSPS) is 29.8. The Morgan fingerprint density at radius 3 is 2.75 bits per heavy atom. The van der Waals surface area contributed by atoms with Crippen LogP contribution in [0, 0.1) is 5.92 Å². The molecule has 0 heterocycles. The van der Waals surface area contributed by atoms with E-state index in [9.17, 15) is 4.79 Å². The molecule has 1 fully saturated rings. The van der Waals surface area contributed by atoms with Gasteiger partial charge in [0.25, 0.3) is 0 Å². The summed E-state index contributed by atoms with van der Waals surface area (Å²) in [4.78, 5) is 10.9. The third-order valence-electron chi connectivity index (χ3n) is 2.62. The quantitative estimate of drug-likeness (QED) is 0.632. The molecule has 0 aromatic carbocycles. The standard InChI is InChI=1S/C9H17NO2/c1-12-9(11)6-7-4-2-3-5-8(7)10/h7-8H,2-6,10H2,1H3/t7-,8-/m1/s1. The molecule has 0 spiro atoms. The lowest BCUT2D eigenvalue weighted by Gasteiger charge is -2.27. The first-order valence-corrected chi connectivity index (χ1v) is 4.56. The lowest BCUT2D eigenvalue weighted by atomic mass is 9.83. The first kappa shape index (κ1) is 9.52. The van der Waals surface area contributed by atoms with E-state index < -0.39 is 0 Å². The number of nitrogens with two attached hydrogens (primary N) is 1. The first-order chi connectivity index (χ1) is 5.74. The Labute approximate surface area is 73.3 Å².